The Balaban J connectivity index is 2.64. The van der Waals surface area contributed by atoms with Gasteiger partial charge in [0.15, 0.2) is 9.84 Å². The van der Waals surface area contributed by atoms with Crippen molar-refractivity contribution in [1.82, 2.24) is 4.90 Å². The van der Waals surface area contributed by atoms with E-state index in [2.05, 4.69) is 25.7 Å². The fourth-order valence-corrected chi connectivity index (χ4v) is 4.28. The average Bonchev–Trinajstić information content (AvgIpc) is 2.53. The van der Waals surface area contributed by atoms with Gasteiger partial charge in [-0.1, -0.05) is 20.8 Å². The van der Waals surface area contributed by atoms with Crippen LogP contribution in [0.5, 0.6) is 0 Å². The Morgan fingerprint density at radius 1 is 1.41 bits per heavy atom. The molecule has 0 spiro atoms. The summed E-state index contributed by atoms with van der Waals surface area (Å²) in [7, 11) is -0.800. The van der Waals surface area contributed by atoms with Gasteiger partial charge >= 0.3 is 0 Å². The zero-order valence-corrected chi connectivity index (χ0v) is 12.3. The molecule has 0 saturated carbocycles. The second kappa shape index (κ2) is 5.24. The Hall–Kier alpha value is -0.130. The Bertz CT molecular complexity index is 346. The molecule has 0 aliphatic carbocycles. The summed E-state index contributed by atoms with van der Waals surface area (Å²) >= 11 is 0. The maximum atomic E-state index is 11.5. The predicted octanol–water partition coefficient (Wildman–Crippen LogP) is 0.869. The van der Waals surface area contributed by atoms with E-state index in [-0.39, 0.29) is 17.5 Å². The van der Waals surface area contributed by atoms with Crippen LogP contribution in [0, 0.1) is 5.41 Å². The van der Waals surface area contributed by atoms with Crippen molar-refractivity contribution in [2.75, 3.05) is 25.1 Å². The summed E-state index contributed by atoms with van der Waals surface area (Å²) in [6.45, 7) is 7.16. The molecule has 0 radical (unpaired) electrons. The molecule has 1 heterocycles. The highest BCUT2D eigenvalue weighted by Crippen LogP contribution is 2.26. The van der Waals surface area contributed by atoms with Crippen molar-refractivity contribution < 1.29 is 8.42 Å². The third kappa shape index (κ3) is 4.56. The van der Waals surface area contributed by atoms with Crippen molar-refractivity contribution in [3.63, 3.8) is 0 Å². The van der Waals surface area contributed by atoms with Gasteiger partial charge in [0.05, 0.1) is 11.5 Å². The van der Waals surface area contributed by atoms with E-state index in [1.165, 1.54) is 0 Å². The molecule has 1 aliphatic rings. The maximum Gasteiger partial charge on any atom is 0.151 e. The number of rotatable bonds is 4. The fourth-order valence-electron chi connectivity index (χ4n) is 2.50. The molecule has 17 heavy (non-hydrogen) atoms. The molecule has 2 atom stereocenters. The van der Waals surface area contributed by atoms with E-state index in [0.29, 0.717) is 18.1 Å². The van der Waals surface area contributed by atoms with Crippen molar-refractivity contribution in [3.8, 4) is 0 Å². The first-order valence-corrected chi connectivity index (χ1v) is 8.09. The Kier molecular flexibility index (Phi) is 4.60. The molecular formula is C12H26N2O2S. The molecule has 102 valence electrons. The standard InChI is InChI=1S/C12H26N2O2S/c1-12(2,3)7-11(8-13)14(4)10-5-6-17(15,16)9-10/h10-11H,5-9,13H2,1-4H3. The van der Waals surface area contributed by atoms with Crippen molar-refractivity contribution in [2.24, 2.45) is 11.1 Å². The van der Waals surface area contributed by atoms with Gasteiger partial charge in [0.2, 0.25) is 0 Å². The van der Waals surface area contributed by atoms with Crippen molar-refractivity contribution in [3.05, 3.63) is 0 Å². The smallest absolute Gasteiger partial charge is 0.151 e. The number of hydrogen-bond donors (Lipinski definition) is 1. The van der Waals surface area contributed by atoms with Crippen LogP contribution in [0.4, 0.5) is 0 Å². The maximum absolute atomic E-state index is 11.5. The lowest BCUT2D eigenvalue weighted by Gasteiger charge is -2.35. The van der Waals surface area contributed by atoms with Gasteiger partial charge in [0.1, 0.15) is 0 Å². The van der Waals surface area contributed by atoms with Crippen LogP contribution in [-0.4, -0.2) is 50.5 Å². The third-order valence-electron chi connectivity index (χ3n) is 3.48. The fraction of sp³-hybridized carbons (Fsp3) is 1.00. The van der Waals surface area contributed by atoms with E-state index < -0.39 is 9.84 Å². The monoisotopic (exact) mass is 262 g/mol. The zero-order valence-electron chi connectivity index (χ0n) is 11.4. The lowest BCUT2D eigenvalue weighted by molar-refractivity contribution is 0.146. The summed E-state index contributed by atoms with van der Waals surface area (Å²) in [6, 6.07) is 0.421. The average molecular weight is 262 g/mol. The molecule has 0 aromatic heterocycles. The van der Waals surface area contributed by atoms with Gasteiger partial charge in [-0.15, -0.1) is 0 Å². The molecular weight excluding hydrogens is 236 g/mol. The lowest BCUT2D eigenvalue weighted by atomic mass is 9.87. The van der Waals surface area contributed by atoms with Crippen LogP contribution < -0.4 is 5.73 Å². The van der Waals surface area contributed by atoms with Gasteiger partial charge in [-0.3, -0.25) is 4.90 Å². The molecule has 2 unspecified atom stereocenters. The lowest BCUT2D eigenvalue weighted by Crippen LogP contribution is -2.46. The molecule has 0 bridgehead atoms. The highest BCUT2D eigenvalue weighted by atomic mass is 32.2. The van der Waals surface area contributed by atoms with E-state index in [1.54, 1.807) is 0 Å². The van der Waals surface area contributed by atoms with Crippen molar-refractivity contribution in [1.29, 1.82) is 0 Å². The van der Waals surface area contributed by atoms with Crippen LogP contribution >= 0.6 is 0 Å². The van der Waals surface area contributed by atoms with E-state index >= 15 is 0 Å². The van der Waals surface area contributed by atoms with Crippen LogP contribution in [0.2, 0.25) is 0 Å². The summed E-state index contributed by atoms with van der Waals surface area (Å²) in [6.07, 6.45) is 1.75. The second-order valence-electron chi connectivity index (χ2n) is 6.38. The van der Waals surface area contributed by atoms with Crippen LogP contribution in [0.25, 0.3) is 0 Å². The van der Waals surface area contributed by atoms with Crippen LogP contribution in [0.1, 0.15) is 33.6 Å². The highest BCUT2D eigenvalue weighted by molar-refractivity contribution is 7.91. The Morgan fingerprint density at radius 3 is 2.35 bits per heavy atom. The minimum Gasteiger partial charge on any atom is -0.329 e. The topological polar surface area (TPSA) is 63.4 Å². The summed E-state index contributed by atoms with van der Waals surface area (Å²) < 4.78 is 23.0. The van der Waals surface area contributed by atoms with Gasteiger partial charge in [-0.2, -0.15) is 0 Å². The first-order chi connectivity index (χ1) is 7.64. The Morgan fingerprint density at radius 2 is 2.00 bits per heavy atom. The summed E-state index contributed by atoms with van der Waals surface area (Å²) in [4.78, 5) is 2.18. The minimum atomic E-state index is -2.81. The summed E-state index contributed by atoms with van der Waals surface area (Å²) in [5, 5.41) is 0. The minimum absolute atomic E-state index is 0.149. The largest absolute Gasteiger partial charge is 0.329 e. The zero-order chi connectivity index (χ0) is 13.3. The molecule has 1 rings (SSSR count). The molecule has 0 aromatic rings. The molecule has 2 N–H and O–H groups in total. The van der Waals surface area contributed by atoms with E-state index in [1.807, 2.05) is 7.05 Å². The molecule has 0 amide bonds. The number of nitrogens with two attached hydrogens (primary N) is 1. The highest BCUT2D eigenvalue weighted by Gasteiger charge is 2.34. The first-order valence-electron chi connectivity index (χ1n) is 6.27. The van der Waals surface area contributed by atoms with Crippen LogP contribution in [-0.2, 0) is 9.84 Å². The normalized spacial score (nSPS) is 26.4. The first kappa shape index (κ1) is 14.9. The molecule has 5 heteroatoms. The van der Waals surface area contributed by atoms with E-state index in [9.17, 15) is 8.42 Å². The van der Waals surface area contributed by atoms with Gasteiger partial charge in [-0.25, -0.2) is 8.42 Å². The SMILES string of the molecule is CN(C(CN)CC(C)(C)C)C1CCS(=O)(=O)C1. The molecule has 4 nitrogen and oxygen atoms in total. The van der Waals surface area contributed by atoms with Gasteiger partial charge in [0.25, 0.3) is 0 Å². The van der Waals surface area contributed by atoms with Crippen molar-refractivity contribution >= 4 is 9.84 Å². The third-order valence-corrected chi connectivity index (χ3v) is 5.23. The predicted molar refractivity (Wildman–Crippen MR) is 71.7 cm³/mol. The van der Waals surface area contributed by atoms with Gasteiger partial charge in [-0.05, 0) is 25.3 Å². The number of hydrogen-bond acceptors (Lipinski definition) is 4. The molecule has 1 aliphatic heterocycles. The summed E-state index contributed by atoms with van der Waals surface area (Å²) in [5.41, 5.74) is 6.04. The second-order valence-corrected chi connectivity index (χ2v) is 8.61. The van der Waals surface area contributed by atoms with Gasteiger partial charge in [0, 0.05) is 18.6 Å². The number of sulfone groups is 1. The van der Waals surface area contributed by atoms with Crippen LogP contribution in [0.3, 0.4) is 0 Å². The molecule has 1 saturated heterocycles. The van der Waals surface area contributed by atoms with Gasteiger partial charge < -0.3 is 5.73 Å². The number of nitrogens with zero attached hydrogens (tertiary/aromatic N) is 1. The van der Waals surface area contributed by atoms with Crippen LogP contribution in [0.15, 0.2) is 0 Å². The van der Waals surface area contributed by atoms with E-state index in [0.717, 1.165) is 12.8 Å². The molecule has 1 fully saturated rings. The number of likely N-dealkylation sites (N-methyl/N-ethyl adjacent to an activating group) is 1. The quantitative estimate of drug-likeness (QED) is 0.816. The molecule has 0 aromatic carbocycles. The van der Waals surface area contributed by atoms with Crippen molar-refractivity contribution in [2.45, 2.75) is 45.7 Å². The van der Waals surface area contributed by atoms with E-state index in [4.69, 9.17) is 5.73 Å². The summed E-state index contributed by atoms with van der Waals surface area (Å²) in [5.74, 6) is 0.624. The Labute approximate surface area is 105 Å².